The lowest BCUT2D eigenvalue weighted by molar-refractivity contribution is -0.118. The molecule has 7 nitrogen and oxygen atoms in total. The van der Waals surface area contributed by atoms with Gasteiger partial charge in [-0.05, 0) is 12.5 Å². The molecule has 0 aliphatic carbocycles. The van der Waals surface area contributed by atoms with Crippen LogP contribution in [-0.2, 0) is 24.4 Å². The number of nitrogens with zero attached hydrogens (tertiary/aromatic N) is 4. The third-order valence-electron chi connectivity index (χ3n) is 2.66. The Bertz CT molecular complexity index is 544. The summed E-state index contributed by atoms with van der Waals surface area (Å²) in [5.74, 6) is -0.407. The highest BCUT2D eigenvalue weighted by molar-refractivity contribution is 5.73. The van der Waals surface area contributed by atoms with Crippen molar-refractivity contribution in [3.05, 3.63) is 30.4 Å². The van der Waals surface area contributed by atoms with Gasteiger partial charge in [0.2, 0.25) is 5.91 Å². The summed E-state index contributed by atoms with van der Waals surface area (Å²) in [5, 5.41) is 11.5. The summed E-state index contributed by atoms with van der Waals surface area (Å²) in [4.78, 5) is 10.8. The van der Waals surface area contributed by atoms with E-state index in [4.69, 9.17) is 5.73 Å². The van der Waals surface area contributed by atoms with E-state index in [9.17, 15) is 4.79 Å². The van der Waals surface area contributed by atoms with Crippen LogP contribution in [0.1, 0.15) is 19.0 Å². The number of aromatic nitrogens is 4. The maximum absolute atomic E-state index is 10.8. The largest absolute Gasteiger partial charge is 0.377 e. The summed E-state index contributed by atoms with van der Waals surface area (Å²) < 4.78 is 3.48. The summed E-state index contributed by atoms with van der Waals surface area (Å²) in [6.45, 7) is 3.79. The molecule has 0 saturated heterocycles. The topological polar surface area (TPSA) is 90.8 Å². The smallest absolute Gasteiger partial charge is 0.239 e. The van der Waals surface area contributed by atoms with Gasteiger partial charge in [0.1, 0.15) is 6.54 Å². The van der Waals surface area contributed by atoms with E-state index in [1.165, 1.54) is 4.68 Å². The number of carbonyl (C=O) groups is 1. The molecular weight excluding hydrogens is 244 g/mol. The van der Waals surface area contributed by atoms with Crippen LogP contribution in [0.15, 0.2) is 24.7 Å². The molecule has 3 N–H and O–H groups in total. The molecule has 0 saturated carbocycles. The van der Waals surface area contributed by atoms with Crippen molar-refractivity contribution in [2.75, 3.05) is 5.32 Å². The van der Waals surface area contributed by atoms with Crippen LogP contribution in [0, 0.1) is 0 Å². The van der Waals surface area contributed by atoms with Gasteiger partial charge in [-0.3, -0.25) is 14.2 Å². The van der Waals surface area contributed by atoms with E-state index in [1.54, 1.807) is 18.6 Å². The number of rotatable bonds is 7. The molecular formula is C12H18N6O. The molecule has 7 heteroatoms. The Hall–Kier alpha value is -2.31. The molecule has 0 aliphatic rings. The predicted octanol–water partition coefficient (Wildman–Crippen LogP) is 0.587. The van der Waals surface area contributed by atoms with Crippen LogP contribution >= 0.6 is 0 Å². The minimum atomic E-state index is -0.407. The Morgan fingerprint density at radius 1 is 1.47 bits per heavy atom. The van der Waals surface area contributed by atoms with Crippen LogP contribution in [0.3, 0.4) is 0 Å². The molecule has 0 radical (unpaired) electrons. The molecule has 19 heavy (non-hydrogen) atoms. The Morgan fingerprint density at radius 3 is 3.05 bits per heavy atom. The lowest BCUT2D eigenvalue weighted by atomic mass is 10.4. The third kappa shape index (κ3) is 3.57. The SMILES string of the molecule is CCCn1nccc1CNc1cnn(CC(N)=O)c1. The zero-order valence-corrected chi connectivity index (χ0v) is 10.9. The number of carbonyl (C=O) groups excluding carboxylic acids is 1. The van der Waals surface area contributed by atoms with E-state index in [2.05, 4.69) is 22.4 Å². The minimum absolute atomic E-state index is 0.0927. The van der Waals surface area contributed by atoms with Crippen LogP contribution < -0.4 is 11.1 Å². The fraction of sp³-hybridized carbons (Fsp3) is 0.417. The Balaban J connectivity index is 1.92. The summed E-state index contributed by atoms with van der Waals surface area (Å²) >= 11 is 0. The van der Waals surface area contributed by atoms with Gasteiger partial charge in [0.15, 0.2) is 0 Å². The van der Waals surface area contributed by atoms with Gasteiger partial charge in [0.25, 0.3) is 0 Å². The fourth-order valence-electron chi connectivity index (χ4n) is 1.82. The van der Waals surface area contributed by atoms with Crippen LogP contribution in [0.2, 0.25) is 0 Å². The standard InChI is InChI=1S/C12H18N6O/c1-2-5-18-11(3-4-15-18)7-14-10-6-16-17(8-10)9-12(13)19/h3-4,6,8,14H,2,5,7,9H2,1H3,(H2,13,19). The molecule has 102 valence electrons. The van der Waals surface area contributed by atoms with E-state index >= 15 is 0 Å². The zero-order chi connectivity index (χ0) is 13.7. The molecule has 0 fully saturated rings. The van der Waals surface area contributed by atoms with Crippen LogP contribution in [0.25, 0.3) is 0 Å². The lowest BCUT2D eigenvalue weighted by Gasteiger charge is -2.07. The van der Waals surface area contributed by atoms with Gasteiger partial charge in [-0.2, -0.15) is 10.2 Å². The highest BCUT2D eigenvalue weighted by Crippen LogP contribution is 2.08. The van der Waals surface area contributed by atoms with Gasteiger partial charge in [-0.25, -0.2) is 0 Å². The first-order chi connectivity index (χ1) is 9.19. The van der Waals surface area contributed by atoms with Gasteiger partial charge >= 0.3 is 0 Å². The number of hydrogen-bond acceptors (Lipinski definition) is 4. The second kappa shape index (κ2) is 6.03. The quantitative estimate of drug-likeness (QED) is 0.764. The zero-order valence-electron chi connectivity index (χ0n) is 10.9. The predicted molar refractivity (Wildman–Crippen MR) is 71.3 cm³/mol. The van der Waals surface area contributed by atoms with Gasteiger partial charge in [-0.15, -0.1) is 0 Å². The molecule has 0 bridgehead atoms. The molecule has 0 unspecified atom stereocenters. The highest BCUT2D eigenvalue weighted by atomic mass is 16.1. The van der Waals surface area contributed by atoms with E-state index in [1.807, 2.05) is 10.7 Å². The average Bonchev–Trinajstić information content (AvgIpc) is 2.96. The van der Waals surface area contributed by atoms with Crippen molar-refractivity contribution in [3.8, 4) is 0 Å². The molecule has 2 aromatic heterocycles. The van der Waals surface area contributed by atoms with Crippen LogP contribution in [0.5, 0.6) is 0 Å². The number of anilines is 1. The molecule has 1 amide bonds. The van der Waals surface area contributed by atoms with Gasteiger partial charge in [0.05, 0.1) is 24.1 Å². The third-order valence-corrected chi connectivity index (χ3v) is 2.66. The molecule has 0 spiro atoms. The van der Waals surface area contributed by atoms with Gasteiger partial charge < -0.3 is 11.1 Å². The van der Waals surface area contributed by atoms with Crippen molar-refractivity contribution >= 4 is 11.6 Å². The summed E-state index contributed by atoms with van der Waals surface area (Å²) in [7, 11) is 0. The molecule has 0 aromatic carbocycles. The number of nitrogens with two attached hydrogens (primary N) is 1. The Kier molecular flexibility index (Phi) is 4.17. The maximum Gasteiger partial charge on any atom is 0.239 e. The molecule has 2 aromatic rings. The van der Waals surface area contributed by atoms with E-state index in [-0.39, 0.29) is 6.54 Å². The maximum atomic E-state index is 10.8. The molecule has 2 heterocycles. The average molecular weight is 262 g/mol. The van der Waals surface area contributed by atoms with Crippen molar-refractivity contribution in [2.24, 2.45) is 5.73 Å². The summed E-state index contributed by atoms with van der Waals surface area (Å²) in [6.07, 6.45) is 6.27. The number of primary amides is 1. The Labute approximate surface area is 111 Å². The first-order valence-electron chi connectivity index (χ1n) is 6.24. The van der Waals surface area contributed by atoms with E-state index in [0.717, 1.165) is 24.3 Å². The van der Waals surface area contributed by atoms with Gasteiger partial charge in [-0.1, -0.05) is 6.92 Å². The molecule has 2 rings (SSSR count). The highest BCUT2D eigenvalue weighted by Gasteiger charge is 2.04. The first-order valence-corrected chi connectivity index (χ1v) is 6.24. The van der Waals surface area contributed by atoms with Crippen LogP contribution in [0.4, 0.5) is 5.69 Å². The molecule has 0 atom stereocenters. The second-order valence-corrected chi connectivity index (χ2v) is 4.29. The van der Waals surface area contributed by atoms with Crippen molar-refractivity contribution in [1.82, 2.24) is 19.6 Å². The minimum Gasteiger partial charge on any atom is -0.377 e. The van der Waals surface area contributed by atoms with Gasteiger partial charge in [0, 0.05) is 18.9 Å². The van der Waals surface area contributed by atoms with Crippen LogP contribution in [-0.4, -0.2) is 25.5 Å². The molecule has 0 aliphatic heterocycles. The lowest BCUT2D eigenvalue weighted by Crippen LogP contribution is -2.18. The number of aryl methyl sites for hydroxylation is 1. The van der Waals surface area contributed by atoms with Crippen molar-refractivity contribution < 1.29 is 4.79 Å². The number of nitrogens with one attached hydrogen (secondary N) is 1. The summed E-state index contributed by atoms with van der Waals surface area (Å²) in [6, 6.07) is 1.98. The monoisotopic (exact) mass is 262 g/mol. The number of hydrogen-bond donors (Lipinski definition) is 2. The van der Waals surface area contributed by atoms with E-state index < -0.39 is 5.91 Å². The second-order valence-electron chi connectivity index (χ2n) is 4.29. The number of amides is 1. The summed E-state index contributed by atoms with van der Waals surface area (Å²) in [5.41, 5.74) is 7.07. The van der Waals surface area contributed by atoms with Crippen molar-refractivity contribution in [1.29, 1.82) is 0 Å². The Morgan fingerprint density at radius 2 is 2.32 bits per heavy atom. The first kappa shape index (κ1) is 13.1. The van der Waals surface area contributed by atoms with Crippen molar-refractivity contribution in [3.63, 3.8) is 0 Å². The fourth-order valence-corrected chi connectivity index (χ4v) is 1.82. The van der Waals surface area contributed by atoms with Crippen molar-refractivity contribution in [2.45, 2.75) is 33.0 Å². The van der Waals surface area contributed by atoms with E-state index in [0.29, 0.717) is 6.54 Å². The normalized spacial score (nSPS) is 10.6.